The average Bonchev–Trinajstić information content (AvgIpc) is 1.58. The number of nitrogens with zero attached hydrogens (tertiary/aromatic N) is 1. The van der Waals surface area contributed by atoms with Gasteiger partial charge in [0.05, 0.1) is 51.9 Å². The molecule has 3 aliphatic rings. The summed E-state index contributed by atoms with van der Waals surface area (Å²) in [7, 11) is 1.93. The number of guanidine groups is 1. The van der Waals surface area contributed by atoms with E-state index in [-0.39, 0.29) is 88.0 Å². The molecule has 2 aliphatic heterocycles. The van der Waals surface area contributed by atoms with E-state index in [1.807, 2.05) is 37.3 Å². The molecule has 612 valence electrons. The summed E-state index contributed by atoms with van der Waals surface area (Å²) in [5, 5.41) is 56.1. The van der Waals surface area contributed by atoms with Crippen LogP contribution in [0.5, 0.6) is 0 Å². The molecule has 0 bridgehead atoms. The minimum absolute atomic E-state index is 0.00272. The number of likely N-dealkylation sites (tertiary alicyclic amines) is 1. The minimum atomic E-state index is -1.69. The zero-order valence-electron chi connectivity index (χ0n) is 62.5. The van der Waals surface area contributed by atoms with Gasteiger partial charge < -0.3 is 113 Å². The Hall–Kier alpha value is -9.74. The molecule has 16 amide bonds. The molecule has 0 radical (unpaired) electrons. The monoisotopic (exact) mass is 1590 g/mol. The zero-order valence-corrected chi connectivity index (χ0v) is 64.1. The lowest BCUT2D eigenvalue weighted by molar-refractivity contribution is -0.140. The predicted molar refractivity (Wildman–Crippen MR) is 405 cm³/mol. The number of ketones is 1. The van der Waals surface area contributed by atoms with Crippen molar-refractivity contribution in [2.75, 3.05) is 83.6 Å². The van der Waals surface area contributed by atoms with E-state index >= 15 is 0 Å². The fourth-order valence-electron chi connectivity index (χ4n) is 12.1. The van der Waals surface area contributed by atoms with Gasteiger partial charge in [0.25, 0.3) is 0 Å². The molecule has 1 aliphatic carbocycles. The highest BCUT2D eigenvalue weighted by atomic mass is 33.1. The SMILES string of the molecule is CCCC[C@H](NC(=O)[C@H]1CCCN1C(=O)CNC(=O)[C@@H](CCCCN)NC(=O)[C@H]1CSSC[C@@H](NC(=O)[C@H]2CCCC2C(=O)[C@@H](CCCNC(=N)N)NC(=O)[C@@H](CCC(N)=O)NC(=O)CNC(=O)CNC(=O)CNC(=O)CNC(=O)CN)C(=O)N[C@@H](CC(C)C)C(=O)N[C@@H](CO)C(=O)N1)C(=O)NCCc1ccccc1. The third kappa shape index (κ3) is 34.0. The number of nitrogens with one attached hydrogen (secondary N) is 16. The first-order chi connectivity index (χ1) is 52.5. The molecule has 41 heteroatoms. The van der Waals surface area contributed by atoms with Crippen LogP contribution in [-0.2, 0) is 87.9 Å². The number of unbranched alkanes of at least 4 members (excludes halogenated alkanes) is 2. The zero-order chi connectivity index (χ0) is 81.2. The highest BCUT2D eigenvalue weighted by Gasteiger charge is 2.43. The smallest absolute Gasteiger partial charge is 0.245 e. The van der Waals surface area contributed by atoms with Crippen molar-refractivity contribution >= 4 is 128 Å². The number of hydrogen-bond donors (Lipinski definition) is 21. The van der Waals surface area contributed by atoms with E-state index in [4.69, 9.17) is 28.3 Å². The number of primary amides is 1. The van der Waals surface area contributed by atoms with Gasteiger partial charge in [0.2, 0.25) is 94.5 Å². The number of nitrogens with two attached hydrogens (primary N) is 4. The second-order valence-corrected chi connectivity index (χ2v) is 29.7. The van der Waals surface area contributed by atoms with Crippen molar-refractivity contribution in [3.05, 3.63) is 35.9 Å². The number of carbonyl (C=O) groups is 17. The molecule has 1 unspecified atom stereocenters. The lowest BCUT2D eigenvalue weighted by Gasteiger charge is -2.29. The third-order valence-corrected chi connectivity index (χ3v) is 20.5. The number of benzene rings is 1. The molecular formula is C69H111N21O18S2. The van der Waals surface area contributed by atoms with Crippen LogP contribution in [0.25, 0.3) is 0 Å². The van der Waals surface area contributed by atoms with E-state index in [2.05, 4.69) is 79.8 Å². The molecule has 2 saturated heterocycles. The summed E-state index contributed by atoms with van der Waals surface area (Å²) in [6, 6.07) is -2.55. The van der Waals surface area contributed by atoms with Gasteiger partial charge in [-0.05, 0) is 101 Å². The fourth-order valence-corrected chi connectivity index (χ4v) is 14.5. The first kappa shape index (κ1) is 92.6. The van der Waals surface area contributed by atoms with Crippen LogP contribution in [0.1, 0.15) is 129 Å². The number of hydrogen-bond acceptors (Lipinski definition) is 23. The lowest BCUT2D eigenvalue weighted by Crippen LogP contribution is -2.61. The van der Waals surface area contributed by atoms with E-state index in [9.17, 15) is 86.6 Å². The first-order valence-electron chi connectivity index (χ1n) is 37.0. The summed E-state index contributed by atoms with van der Waals surface area (Å²) < 4.78 is 0. The summed E-state index contributed by atoms with van der Waals surface area (Å²) >= 11 is 0. The number of amides is 16. The first-order valence-corrected chi connectivity index (χ1v) is 39.5. The van der Waals surface area contributed by atoms with Crippen LogP contribution in [-0.4, -0.2) is 254 Å². The molecule has 4 rings (SSSR count). The second-order valence-electron chi connectivity index (χ2n) is 27.2. The van der Waals surface area contributed by atoms with Gasteiger partial charge in [0, 0.05) is 49.4 Å². The van der Waals surface area contributed by atoms with Crippen molar-refractivity contribution in [1.29, 1.82) is 5.41 Å². The molecule has 3 fully saturated rings. The summed E-state index contributed by atoms with van der Waals surface area (Å²) in [4.78, 5) is 231. The van der Waals surface area contributed by atoms with Gasteiger partial charge in [0.15, 0.2) is 11.7 Å². The summed E-state index contributed by atoms with van der Waals surface area (Å²) in [6.07, 6.45) is 3.50. The van der Waals surface area contributed by atoms with E-state index in [0.717, 1.165) is 33.6 Å². The number of aliphatic hydroxyl groups excluding tert-OH is 1. The Balaban J connectivity index is 1.51. The van der Waals surface area contributed by atoms with Crippen LogP contribution in [0.2, 0.25) is 0 Å². The summed E-state index contributed by atoms with van der Waals surface area (Å²) in [6.45, 7) is 1.85. The maximum Gasteiger partial charge on any atom is 0.245 e. The lowest BCUT2D eigenvalue weighted by atomic mass is 9.86. The molecule has 1 aromatic carbocycles. The van der Waals surface area contributed by atoms with Gasteiger partial charge in [-0.2, -0.15) is 0 Å². The molecule has 110 heavy (non-hydrogen) atoms. The van der Waals surface area contributed by atoms with E-state index in [0.29, 0.717) is 57.9 Å². The second kappa shape index (κ2) is 50.1. The number of aliphatic hydroxyl groups is 1. The molecule has 2 heterocycles. The van der Waals surface area contributed by atoms with E-state index < -0.39 is 219 Å². The number of Topliss-reactive ketones (excluding diaryl/α,β-unsaturated/α-hetero) is 1. The Kier molecular flexibility index (Phi) is 42.2. The Morgan fingerprint density at radius 2 is 1.15 bits per heavy atom. The average molecular weight is 1590 g/mol. The quantitative estimate of drug-likeness (QED) is 0.0125. The molecule has 25 N–H and O–H groups in total. The maximum atomic E-state index is 14.9. The van der Waals surface area contributed by atoms with Gasteiger partial charge in [0.1, 0.15) is 48.3 Å². The third-order valence-electron chi connectivity index (χ3n) is 18.0. The largest absolute Gasteiger partial charge is 0.394 e. The predicted octanol–water partition coefficient (Wildman–Crippen LogP) is -6.98. The summed E-state index contributed by atoms with van der Waals surface area (Å²) in [5.41, 5.74) is 22.9. The van der Waals surface area contributed by atoms with Crippen molar-refractivity contribution in [2.24, 2.45) is 40.7 Å². The highest BCUT2D eigenvalue weighted by Crippen LogP contribution is 2.35. The Morgan fingerprint density at radius 1 is 0.573 bits per heavy atom. The standard InChI is InChI=1S/C69H111N21O18S2/c1-4-5-18-44(61(101)75-27-24-40-14-7-6-8-15-40)85-68(108)51-21-13-28-90(51)58(98)35-81-62(102)45(19-9-10-25-70)84-66(106)50-38-110-109-37-49(67(107)86-47(29-39(2)3)64(104)87-48(36-91)65(105)89-50)88-60(100)42-17-11-16-41(42)59(99)43(20-12-26-76-69(73)74)83-63(103)46(22-23-52(72)92)82-57(97)34-80-56(96)33-79-55(95)32-78-54(94)31-77-53(93)30-71/h6-8,14-15,39,41-51,91H,4-5,9-13,16-38,70-71H2,1-3H3,(H2,72,92)(H,75,101)(H,77,93)(H,78,94)(H,79,95)(H,80,96)(H,81,102)(H,82,97)(H,83,103)(H,84,106)(H,85,108)(H,86,107)(H,87,104)(H,88,100)(H,89,105)(H4,73,74,76)/t41?,42-,43+,44-,45+,46+,47-,48-,49+,50+,51+/m0/s1. The fraction of sp³-hybridized carbons (Fsp3) is 0.652. The van der Waals surface area contributed by atoms with Crippen molar-refractivity contribution in [3.8, 4) is 0 Å². The van der Waals surface area contributed by atoms with Crippen molar-refractivity contribution in [2.45, 2.75) is 184 Å². The van der Waals surface area contributed by atoms with Crippen LogP contribution in [0, 0.1) is 23.2 Å². The van der Waals surface area contributed by atoms with Crippen LogP contribution < -0.4 is 103 Å². The van der Waals surface area contributed by atoms with Gasteiger partial charge in [-0.1, -0.05) is 92.0 Å². The normalized spacial score (nSPS) is 19.8. The molecular weight excluding hydrogens is 1480 g/mol. The molecule has 1 saturated carbocycles. The van der Waals surface area contributed by atoms with Crippen molar-refractivity contribution < 1.29 is 86.6 Å². The topological polar surface area (TPSA) is 622 Å². The molecule has 39 nitrogen and oxygen atoms in total. The van der Waals surface area contributed by atoms with Gasteiger partial charge in [-0.25, -0.2) is 0 Å². The Morgan fingerprint density at radius 3 is 1.77 bits per heavy atom. The number of carbonyl (C=O) groups excluding carboxylic acids is 17. The number of rotatable bonds is 44. The highest BCUT2D eigenvalue weighted by molar-refractivity contribution is 8.76. The van der Waals surface area contributed by atoms with Crippen LogP contribution in [0.15, 0.2) is 30.3 Å². The van der Waals surface area contributed by atoms with Gasteiger partial charge in [-0.15, -0.1) is 0 Å². The van der Waals surface area contributed by atoms with E-state index in [1.165, 1.54) is 4.90 Å². The maximum absolute atomic E-state index is 14.9. The van der Waals surface area contributed by atoms with Crippen LogP contribution >= 0.6 is 21.6 Å². The molecule has 0 spiro atoms. The van der Waals surface area contributed by atoms with E-state index in [1.54, 1.807) is 13.8 Å². The molecule has 1 aromatic rings. The summed E-state index contributed by atoms with van der Waals surface area (Å²) in [5.74, 6) is -16.7. The van der Waals surface area contributed by atoms with Crippen molar-refractivity contribution in [3.63, 3.8) is 0 Å². The molecule has 11 atom stereocenters. The van der Waals surface area contributed by atoms with Crippen molar-refractivity contribution in [1.82, 2.24) is 84.7 Å². The van der Waals surface area contributed by atoms with Crippen LogP contribution in [0.3, 0.4) is 0 Å². The van der Waals surface area contributed by atoms with Crippen LogP contribution in [0.4, 0.5) is 0 Å². The van der Waals surface area contributed by atoms with Gasteiger partial charge >= 0.3 is 0 Å². The Bertz CT molecular complexity index is 3340. The van der Waals surface area contributed by atoms with Gasteiger partial charge in [-0.3, -0.25) is 86.9 Å². The Labute approximate surface area is 646 Å². The minimum Gasteiger partial charge on any atom is -0.394 e. The molecule has 0 aromatic heterocycles.